The van der Waals surface area contributed by atoms with Gasteiger partial charge in [0, 0.05) is 17.1 Å². The summed E-state index contributed by atoms with van der Waals surface area (Å²) < 4.78 is 26.1. The van der Waals surface area contributed by atoms with Crippen molar-refractivity contribution < 1.29 is 18.7 Å². The second-order valence-electron chi connectivity index (χ2n) is 5.86. The first kappa shape index (κ1) is 19.2. The Balaban J connectivity index is 2.22. The predicted molar refractivity (Wildman–Crippen MR) is 101 cm³/mol. The monoisotopic (exact) mass is 434 g/mol. The fourth-order valence-electron chi connectivity index (χ4n) is 2.84. The lowest BCUT2D eigenvalue weighted by Crippen LogP contribution is -2.30. The van der Waals surface area contributed by atoms with E-state index in [1.165, 1.54) is 43.1 Å². The van der Waals surface area contributed by atoms with E-state index in [1.54, 1.807) is 18.2 Å². The van der Waals surface area contributed by atoms with Gasteiger partial charge in [0.05, 0.1) is 17.2 Å². The van der Waals surface area contributed by atoms with Crippen LogP contribution in [-0.4, -0.2) is 29.2 Å². The molecule has 2 aromatic carbocycles. The van der Waals surface area contributed by atoms with Crippen molar-refractivity contribution >= 4 is 32.6 Å². The first-order valence-electron chi connectivity index (χ1n) is 8.00. The van der Waals surface area contributed by atoms with E-state index >= 15 is 0 Å². The van der Waals surface area contributed by atoms with Crippen LogP contribution in [0.5, 0.6) is 5.75 Å². The van der Waals surface area contributed by atoms with E-state index in [-0.39, 0.29) is 23.9 Å². The van der Waals surface area contributed by atoms with Crippen molar-refractivity contribution in [2.24, 2.45) is 0 Å². The Morgan fingerprint density at radius 2 is 2.07 bits per heavy atom. The van der Waals surface area contributed by atoms with Gasteiger partial charge in [-0.3, -0.25) is 14.2 Å². The number of benzene rings is 2. The molecule has 0 aliphatic rings. The van der Waals surface area contributed by atoms with Crippen LogP contribution in [0.3, 0.4) is 0 Å². The number of carbonyl (C=O) groups is 1. The number of fused-ring (bicyclic) bond motifs is 1. The molecule has 0 aliphatic carbocycles. The summed E-state index contributed by atoms with van der Waals surface area (Å²) in [4.78, 5) is 29.7. The van der Waals surface area contributed by atoms with Gasteiger partial charge >= 0.3 is 0 Å². The normalized spacial score (nSPS) is 12.1. The Hall–Kier alpha value is -2.58. The van der Waals surface area contributed by atoms with Crippen molar-refractivity contribution in [1.82, 2.24) is 9.55 Å². The van der Waals surface area contributed by atoms with E-state index in [0.717, 1.165) is 0 Å². The maximum atomic E-state index is 13.9. The summed E-state index contributed by atoms with van der Waals surface area (Å²) in [7, 11) is 1.45. The molecule has 1 atom stereocenters. The molecule has 0 saturated heterocycles. The van der Waals surface area contributed by atoms with E-state index in [2.05, 4.69) is 20.9 Å². The molecule has 0 bridgehead atoms. The molecule has 0 fully saturated rings. The summed E-state index contributed by atoms with van der Waals surface area (Å²) in [5.74, 6) is -0.661. The lowest BCUT2D eigenvalue weighted by molar-refractivity contribution is -0.119. The molecule has 27 heavy (non-hydrogen) atoms. The zero-order chi connectivity index (χ0) is 19.6. The third-order valence-corrected chi connectivity index (χ3v) is 4.50. The van der Waals surface area contributed by atoms with Crippen LogP contribution in [0.2, 0.25) is 0 Å². The zero-order valence-corrected chi connectivity index (χ0v) is 16.2. The smallest absolute Gasteiger partial charge is 0.262 e. The van der Waals surface area contributed by atoms with Gasteiger partial charge in [0.15, 0.2) is 12.6 Å². The van der Waals surface area contributed by atoms with Crippen LogP contribution in [0, 0.1) is 5.82 Å². The number of ether oxygens (including phenoxy) is 2. The minimum absolute atomic E-state index is 0.0823. The summed E-state index contributed by atoms with van der Waals surface area (Å²) in [5.41, 5.74) is 0.304. The van der Waals surface area contributed by atoms with Gasteiger partial charge in [0.2, 0.25) is 0 Å². The quantitative estimate of drug-likeness (QED) is 0.555. The first-order chi connectivity index (χ1) is 12.9. The van der Waals surface area contributed by atoms with Gasteiger partial charge in [0.1, 0.15) is 17.6 Å². The van der Waals surface area contributed by atoms with Crippen molar-refractivity contribution in [3.63, 3.8) is 0 Å². The first-order valence-corrected chi connectivity index (χ1v) is 8.79. The van der Waals surface area contributed by atoms with Gasteiger partial charge in [-0.05, 0) is 43.3 Å². The Morgan fingerprint density at radius 1 is 1.30 bits per heavy atom. The van der Waals surface area contributed by atoms with Gasteiger partial charge in [-0.2, -0.15) is 0 Å². The highest BCUT2D eigenvalue weighted by Crippen LogP contribution is 2.29. The average molecular weight is 435 g/mol. The van der Waals surface area contributed by atoms with Crippen LogP contribution in [0.4, 0.5) is 4.39 Å². The van der Waals surface area contributed by atoms with Crippen molar-refractivity contribution in [3.05, 3.63) is 68.9 Å². The number of halogens is 2. The molecule has 6 nitrogen and oxygen atoms in total. The SMILES string of the molecule is COCOc1ccc(F)cc1C(C(C)=O)n1cnc2ccc(Br)cc2c1=O. The summed E-state index contributed by atoms with van der Waals surface area (Å²) in [6.45, 7) is 1.24. The fourth-order valence-corrected chi connectivity index (χ4v) is 3.20. The van der Waals surface area contributed by atoms with Gasteiger partial charge in [-0.25, -0.2) is 9.37 Å². The molecule has 0 amide bonds. The number of nitrogens with zero attached hydrogens (tertiary/aromatic N) is 2. The lowest BCUT2D eigenvalue weighted by Gasteiger charge is -2.20. The van der Waals surface area contributed by atoms with Crippen molar-refractivity contribution in [3.8, 4) is 5.75 Å². The molecule has 1 aromatic heterocycles. The summed E-state index contributed by atoms with van der Waals surface area (Å²) in [5, 5.41) is 0.342. The topological polar surface area (TPSA) is 70.4 Å². The summed E-state index contributed by atoms with van der Waals surface area (Å²) in [6.07, 6.45) is 1.29. The summed E-state index contributed by atoms with van der Waals surface area (Å²) in [6, 6.07) is 7.80. The van der Waals surface area contributed by atoms with Crippen LogP contribution in [0.25, 0.3) is 10.9 Å². The van der Waals surface area contributed by atoms with Gasteiger partial charge in [-0.1, -0.05) is 15.9 Å². The van der Waals surface area contributed by atoms with Crippen molar-refractivity contribution in [1.29, 1.82) is 0 Å². The molecule has 3 rings (SSSR count). The molecule has 0 N–H and O–H groups in total. The molecule has 140 valence electrons. The van der Waals surface area contributed by atoms with Crippen molar-refractivity contribution in [2.75, 3.05) is 13.9 Å². The van der Waals surface area contributed by atoms with Gasteiger partial charge < -0.3 is 9.47 Å². The van der Waals surface area contributed by atoms with Gasteiger partial charge in [0.25, 0.3) is 5.56 Å². The highest BCUT2D eigenvalue weighted by molar-refractivity contribution is 9.10. The maximum absolute atomic E-state index is 13.9. The van der Waals surface area contributed by atoms with E-state index in [1.807, 2.05) is 0 Å². The Labute approximate surface area is 162 Å². The Bertz CT molecular complexity index is 1070. The molecular weight excluding hydrogens is 419 g/mol. The van der Waals surface area contributed by atoms with Crippen LogP contribution >= 0.6 is 15.9 Å². The highest BCUT2D eigenvalue weighted by atomic mass is 79.9. The second kappa shape index (κ2) is 7.98. The minimum atomic E-state index is -1.09. The van der Waals surface area contributed by atoms with E-state index in [0.29, 0.717) is 15.4 Å². The number of aromatic nitrogens is 2. The van der Waals surface area contributed by atoms with E-state index in [4.69, 9.17) is 9.47 Å². The summed E-state index contributed by atoms with van der Waals surface area (Å²) >= 11 is 3.33. The third-order valence-electron chi connectivity index (χ3n) is 4.01. The average Bonchev–Trinajstić information content (AvgIpc) is 2.63. The molecule has 0 saturated carbocycles. The number of hydrogen-bond acceptors (Lipinski definition) is 5. The lowest BCUT2D eigenvalue weighted by atomic mass is 10.0. The Morgan fingerprint density at radius 3 is 2.78 bits per heavy atom. The largest absolute Gasteiger partial charge is 0.467 e. The molecule has 0 aliphatic heterocycles. The molecule has 1 heterocycles. The number of ketones is 1. The van der Waals surface area contributed by atoms with Crippen LogP contribution in [0.15, 0.2) is 52.0 Å². The molecule has 0 spiro atoms. The predicted octanol–water partition coefficient (Wildman–Crippen LogP) is 3.46. The fraction of sp³-hybridized carbons (Fsp3) is 0.211. The number of carbonyl (C=O) groups excluding carboxylic acids is 1. The van der Waals surface area contributed by atoms with E-state index < -0.39 is 17.4 Å². The standard InChI is InChI=1S/C19H16BrFN2O4/c1-11(24)18(15-8-13(21)4-6-17(15)27-10-26-2)23-9-22-16-5-3-12(20)7-14(16)19(23)25/h3-9,18H,10H2,1-2H3. The van der Waals surface area contributed by atoms with Crippen LogP contribution in [-0.2, 0) is 9.53 Å². The third kappa shape index (κ3) is 3.91. The molecule has 1 unspecified atom stereocenters. The number of methoxy groups -OCH3 is 1. The van der Waals surface area contributed by atoms with Crippen molar-refractivity contribution in [2.45, 2.75) is 13.0 Å². The minimum Gasteiger partial charge on any atom is -0.467 e. The number of rotatable bonds is 6. The number of Topliss-reactive ketones (excluding diaryl/α,β-unsaturated/α-hetero) is 1. The van der Waals surface area contributed by atoms with Crippen LogP contribution < -0.4 is 10.3 Å². The molecule has 8 heteroatoms. The highest BCUT2D eigenvalue weighted by Gasteiger charge is 2.25. The van der Waals surface area contributed by atoms with E-state index in [9.17, 15) is 14.0 Å². The zero-order valence-electron chi connectivity index (χ0n) is 14.6. The van der Waals surface area contributed by atoms with Crippen LogP contribution in [0.1, 0.15) is 18.5 Å². The van der Waals surface area contributed by atoms with Gasteiger partial charge in [-0.15, -0.1) is 0 Å². The second-order valence-corrected chi connectivity index (χ2v) is 6.78. The molecular formula is C19H16BrFN2O4. The molecule has 3 aromatic rings. The maximum Gasteiger partial charge on any atom is 0.262 e. The molecule has 0 radical (unpaired) electrons. The Kier molecular flexibility index (Phi) is 5.67. The number of hydrogen-bond donors (Lipinski definition) is 0.